The predicted molar refractivity (Wildman–Crippen MR) is 101 cm³/mol. The number of carbonyl (C=O) groups is 1. The molecule has 0 saturated carbocycles. The molecule has 1 heterocycles. The van der Waals surface area contributed by atoms with Crippen molar-refractivity contribution in [1.29, 1.82) is 0 Å². The van der Waals surface area contributed by atoms with Crippen LogP contribution in [0.1, 0.15) is 16.9 Å². The van der Waals surface area contributed by atoms with Crippen LogP contribution in [0.25, 0.3) is 11.3 Å². The summed E-state index contributed by atoms with van der Waals surface area (Å²) in [5, 5.41) is 9.95. The van der Waals surface area contributed by atoms with E-state index in [1.54, 1.807) is 6.07 Å². The first-order valence-corrected chi connectivity index (χ1v) is 8.39. The summed E-state index contributed by atoms with van der Waals surface area (Å²) in [5.41, 5.74) is 3.42. The van der Waals surface area contributed by atoms with Crippen LogP contribution in [0.5, 0.6) is 0 Å². The SMILES string of the molecule is CN(CCCNC(=O)c1cc(-c2ccccc2)n[nH]1)c1ccccc1. The summed E-state index contributed by atoms with van der Waals surface area (Å²) in [5.74, 6) is -0.128. The summed E-state index contributed by atoms with van der Waals surface area (Å²) < 4.78 is 0. The zero-order chi connectivity index (χ0) is 17.5. The minimum absolute atomic E-state index is 0.128. The maximum atomic E-state index is 12.2. The van der Waals surface area contributed by atoms with Gasteiger partial charge in [0.1, 0.15) is 5.69 Å². The van der Waals surface area contributed by atoms with Gasteiger partial charge in [0.25, 0.3) is 5.91 Å². The van der Waals surface area contributed by atoms with E-state index in [1.165, 1.54) is 5.69 Å². The Morgan fingerprint density at radius 3 is 2.48 bits per heavy atom. The lowest BCUT2D eigenvalue weighted by molar-refractivity contribution is 0.0948. The van der Waals surface area contributed by atoms with Gasteiger partial charge in [0, 0.05) is 31.4 Å². The first-order chi connectivity index (χ1) is 12.2. The van der Waals surface area contributed by atoms with Crippen LogP contribution >= 0.6 is 0 Å². The van der Waals surface area contributed by atoms with E-state index in [4.69, 9.17) is 0 Å². The number of nitrogens with zero attached hydrogens (tertiary/aromatic N) is 2. The molecule has 5 heteroatoms. The van der Waals surface area contributed by atoms with E-state index >= 15 is 0 Å². The highest BCUT2D eigenvalue weighted by Crippen LogP contribution is 2.16. The average Bonchev–Trinajstić information content (AvgIpc) is 3.16. The molecule has 3 aromatic rings. The zero-order valence-corrected chi connectivity index (χ0v) is 14.3. The Morgan fingerprint density at radius 1 is 1.08 bits per heavy atom. The molecule has 0 fully saturated rings. The van der Waals surface area contributed by atoms with Crippen molar-refractivity contribution in [2.24, 2.45) is 0 Å². The Balaban J connectivity index is 1.46. The lowest BCUT2D eigenvalue weighted by Crippen LogP contribution is -2.28. The van der Waals surface area contributed by atoms with Gasteiger partial charge in [-0.05, 0) is 24.6 Å². The van der Waals surface area contributed by atoms with Gasteiger partial charge in [-0.1, -0.05) is 48.5 Å². The molecule has 0 saturated heterocycles. The van der Waals surface area contributed by atoms with E-state index in [9.17, 15) is 4.79 Å². The van der Waals surface area contributed by atoms with Crippen LogP contribution in [0.3, 0.4) is 0 Å². The van der Waals surface area contributed by atoms with Gasteiger partial charge in [-0.15, -0.1) is 0 Å². The van der Waals surface area contributed by atoms with E-state index in [0.717, 1.165) is 24.2 Å². The maximum absolute atomic E-state index is 12.2. The molecule has 0 unspecified atom stereocenters. The molecular formula is C20H22N4O. The van der Waals surface area contributed by atoms with E-state index in [2.05, 4.69) is 39.6 Å². The van der Waals surface area contributed by atoms with E-state index < -0.39 is 0 Å². The van der Waals surface area contributed by atoms with Crippen LogP contribution in [0.15, 0.2) is 66.7 Å². The van der Waals surface area contributed by atoms with Gasteiger partial charge in [0.05, 0.1) is 5.69 Å². The van der Waals surface area contributed by atoms with Crippen molar-refractivity contribution in [2.75, 3.05) is 25.0 Å². The fourth-order valence-electron chi connectivity index (χ4n) is 2.62. The van der Waals surface area contributed by atoms with Crippen LogP contribution in [0, 0.1) is 0 Å². The summed E-state index contributed by atoms with van der Waals surface area (Å²) >= 11 is 0. The molecule has 0 aliphatic carbocycles. The summed E-state index contributed by atoms with van der Waals surface area (Å²) in [4.78, 5) is 14.4. The second-order valence-electron chi connectivity index (χ2n) is 5.90. The number of amides is 1. The molecule has 0 spiro atoms. The minimum atomic E-state index is -0.128. The van der Waals surface area contributed by atoms with Crippen molar-refractivity contribution in [1.82, 2.24) is 15.5 Å². The Bertz CT molecular complexity index is 799. The lowest BCUT2D eigenvalue weighted by atomic mass is 10.1. The number of carbonyl (C=O) groups excluding carboxylic acids is 1. The molecule has 1 amide bonds. The lowest BCUT2D eigenvalue weighted by Gasteiger charge is -2.19. The normalized spacial score (nSPS) is 10.4. The number of nitrogens with one attached hydrogen (secondary N) is 2. The summed E-state index contributed by atoms with van der Waals surface area (Å²) in [6.07, 6.45) is 0.872. The van der Waals surface area contributed by atoms with Crippen LogP contribution in [-0.2, 0) is 0 Å². The second-order valence-corrected chi connectivity index (χ2v) is 5.90. The zero-order valence-electron chi connectivity index (χ0n) is 14.3. The molecule has 128 valence electrons. The highest BCUT2D eigenvalue weighted by atomic mass is 16.1. The van der Waals surface area contributed by atoms with Gasteiger partial charge in [-0.3, -0.25) is 9.89 Å². The standard InChI is InChI=1S/C20H22N4O/c1-24(17-11-6-3-7-12-17)14-8-13-21-20(25)19-15-18(22-23-19)16-9-4-2-5-10-16/h2-7,9-12,15H,8,13-14H2,1H3,(H,21,25)(H,22,23). The highest BCUT2D eigenvalue weighted by Gasteiger charge is 2.10. The average molecular weight is 334 g/mol. The maximum Gasteiger partial charge on any atom is 0.269 e. The topological polar surface area (TPSA) is 61.0 Å². The molecule has 0 bridgehead atoms. The first kappa shape index (κ1) is 16.8. The van der Waals surface area contributed by atoms with E-state index in [1.807, 2.05) is 48.5 Å². The van der Waals surface area contributed by atoms with Crippen molar-refractivity contribution >= 4 is 11.6 Å². The third kappa shape index (κ3) is 4.47. The molecule has 2 N–H and O–H groups in total. The molecule has 3 rings (SSSR count). The van der Waals surface area contributed by atoms with Gasteiger partial charge in [0.2, 0.25) is 0 Å². The number of anilines is 1. The van der Waals surface area contributed by atoms with Crippen LogP contribution in [0.4, 0.5) is 5.69 Å². The fourth-order valence-corrected chi connectivity index (χ4v) is 2.62. The monoisotopic (exact) mass is 334 g/mol. The summed E-state index contributed by atoms with van der Waals surface area (Å²) in [6, 6.07) is 21.8. The second kappa shape index (κ2) is 8.15. The molecule has 2 aromatic carbocycles. The van der Waals surface area contributed by atoms with E-state index in [0.29, 0.717) is 12.2 Å². The number of hydrogen-bond acceptors (Lipinski definition) is 3. The van der Waals surface area contributed by atoms with Crippen LogP contribution in [0.2, 0.25) is 0 Å². The molecule has 5 nitrogen and oxygen atoms in total. The van der Waals surface area contributed by atoms with Crippen molar-refractivity contribution in [3.05, 3.63) is 72.4 Å². The first-order valence-electron chi connectivity index (χ1n) is 8.39. The van der Waals surface area contributed by atoms with Crippen molar-refractivity contribution < 1.29 is 4.79 Å². The molecule has 1 aromatic heterocycles. The quantitative estimate of drug-likeness (QED) is 0.652. The Kier molecular flexibility index (Phi) is 5.46. The minimum Gasteiger partial charge on any atom is -0.375 e. The largest absolute Gasteiger partial charge is 0.375 e. The predicted octanol–water partition coefficient (Wildman–Crippen LogP) is 3.33. The Labute approximate surface area is 147 Å². The molecule has 0 atom stereocenters. The van der Waals surface area contributed by atoms with Crippen LogP contribution < -0.4 is 10.2 Å². The third-order valence-corrected chi connectivity index (χ3v) is 4.04. The molecule has 0 radical (unpaired) electrons. The van der Waals surface area contributed by atoms with E-state index in [-0.39, 0.29) is 5.91 Å². The molecule has 0 aliphatic heterocycles. The van der Waals surface area contributed by atoms with Gasteiger partial charge < -0.3 is 10.2 Å². The summed E-state index contributed by atoms with van der Waals surface area (Å²) in [6.45, 7) is 1.50. The summed E-state index contributed by atoms with van der Waals surface area (Å²) in [7, 11) is 2.05. The number of H-pyrrole nitrogens is 1. The Hall–Kier alpha value is -3.08. The number of aromatic amines is 1. The third-order valence-electron chi connectivity index (χ3n) is 4.04. The number of hydrogen-bond donors (Lipinski definition) is 2. The number of para-hydroxylation sites is 1. The molecule has 25 heavy (non-hydrogen) atoms. The number of benzene rings is 2. The Morgan fingerprint density at radius 2 is 1.76 bits per heavy atom. The van der Waals surface area contributed by atoms with Crippen molar-refractivity contribution in [3.63, 3.8) is 0 Å². The van der Waals surface area contributed by atoms with Crippen molar-refractivity contribution in [3.8, 4) is 11.3 Å². The fraction of sp³-hybridized carbons (Fsp3) is 0.200. The van der Waals surface area contributed by atoms with Gasteiger partial charge in [0.15, 0.2) is 0 Å². The number of aromatic nitrogens is 2. The number of rotatable bonds is 7. The van der Waals surface area contributed by atoms with Gasteiger partial charge >= 0.3 is 0 Å². The molecule has 0 aliphatic rings. The van der Waals surface area contributed by atoms with Gasteiger partial charge in [-0.2, -0.15) is 5.10 Å². The highest BCUT2D eigenvalue weighted by molar-refractivity contribution is 5.93. The van der Waals surface area contributed by atoms with Crippen LogP contribution in [-0.4, -0.2) is 36.2 Å². The molecular weight excluding hydrogens is 312 g/mol. The van der Waals surface area contributed by atoms with Crippen molar-refractivity contribution in [2.45, 2.75) is 6.42 Å². The smallest absolute Gasteiger partial charge is 0.269 e. The van der Waals surface area contributed by atoms with Gasteiger partial charge in [-0.25, -0.2) is 0 Å².